The zero-order valence-electron chi connectivity index (χ0n) is 6.02. The average molecular weight is 115 g/mol. The zero-order chi connectivity index (χ0) is 6.20. The highest BCUT2D eigenvalue weighted by Crippen LogP contribution is 2.16. The summed E-state index contributed by atoms with van der Waals surface area (Å²) in [5.41, 5.74) is 0. The van der Waals surface area contributed by atoms with Gasteiger partial charge in [0.2, 0.25) is 0 Å². The quantitative estimate of drug-likeness (QED) is 0.445. The van der Waals surface area contributed by atoms with Crippen LogP contribution < -0.4 is 0 Å². The maximum atomic E-state index is 2.27. The monoisotopic (exact) mass is 115 g/mol. The molecule has 0 aromatic rings. The zero-order valence-corrected chi connectivity index (χ0v) is 6.02. The minimum Gasteiger partial charge on any atom is -0.246 e. The summed E-state index contributed by atoms with van der Waals surface area (Å²) in [6, 6.07) is 0. The molecule has 48 valence electrons. The van der Waals surface area contributed by atoms with Gasteiger partial charge in [0.25, 0.3) is 0 Å². The molecular weight excluding hydrogens is 100 g/mol. The predicted octanol–water partition coefficient (Wildman–Crippen LogP) is 0.313. The molecule has 2 nitrogen and oxygen atoms in total. The lowest BCUT2D eigenvalue weighted by atomic mass is 10.2. The van der Waals surface area contributed by atoms with E-state index in [0.717, 1.165) is 4.59 Å². The number of hydrogen-bond donors (Lipinski definition) is 0. The normalized spacial score (nSPS) is 25.5. The summed E-state index contributed by atoms with van der Waals surface area (Å²) in [5, 5.41) is 2.27. The molecule has 1 heterocycles. The topological polar surface area (TPSA) is 3.24 Å². The Hall–Kier alpha value is -0.0800. The molecule has 0 aromatic heterocycles. The van der Waals surface area contributed by atoms with Gasteiger partial charge < -0.3 is 0 Å². The van der Waals surface area contributed by atoms with Crippen LogP contribution >= 0.6 is 0 Å². The molecule has 1 rings (SSSR count). The molecule has 2 heteroatoms. The highest BCUT2D eigenvalue weighted by Gasteiger charge is 2.32. The molecule has 1 saturated heterocycles. The Bertz CT molecular complexity index is 84.5. The fourth-order valence-corrected chi connectivity index (χ4v) is 1.02. The van der Waals surface area contributed by atoms with Gasteiger partial charge in [-0.05, 0) is 0 Å². The van der Waals surface area contributed by atoms with Gasteiger partial charge in [-0.1, -0.05) is 0 Å². The minimum atomic E-state index is 1.14. The van der Waals surface area contributed by atoms with Crippen molar-refractivity contribution in [1.29, 1.82) is 0 Å². The molecular formula is C6H15N2+. The standard InChI is InChI=1S/C6H15N2/c1-7(2)8(3)5-4-6-8/h4-6H2,1-3H3/q+1. The van der Waals surface area contributed by atoms with E-state index in [1.807, 2.05) is 0 Å². The lowest BCUT2D eigenvalue weighted by Crippen LogP contribution is -2.62. The van der Waals surface area contributed by atoms with Crippen LogP contribution in [0.4, 0.5) is 0 Å². The van der Waals surface area contributed by atoms with E-state index in [-0.39, 0.29) is 0 Å². The van der Waals surface area contributed by atoms with E-state index in [0.29, 0.717) is 0 Å². The van der Waals surface area contributed by atoms with Gasteiger partial charge in [-0.2, -0.15) is 5.01 Å². The number of likely N-dealkylation sites (tertiary alicyclic amines) is 1. The first-order valence-electron chi connectivity index (χ1n) is 3.17. The van der Waals surface area contributed by atoms with E-state index < -0.39 is 0 Å². The van der Waals surface area contributed by atoms with E-state index >= 15 is 0 Å². The van der Waals surface area contributed by atoms with Crippen LogP contribution in [0.3, 0.4) is 0 Å². The van der Waals surface area contributed by atoms with E-state index in [1.165, 1.54) is 19.5 Å². The van der Waals surface area contributed by atoms with E-state index in [2.05, 4.69) is 26.2 Å². The summed E-state index contributed by atoms with van der Waals surface area (Å²) in [7, 11) is 6.54. The third-order valence-electron chi connectivity index (χ3n) is 2.25. The summed E-state index contributed by atoms with van der Waals surface area (Å²) in [5.74, 6) is 0. The van der Waals surface area contributed by atoms with Crippen molar-refractivity contribution in [3.05, 3.63) is 0 Å². The van der Waals surface area contributed by atoms with Crippen LogP contribution in [0.25, 0.3) is 0 Å². The SMILES string of the molecule is CN(C)[N+]1(C)CCC1. The van der Waals surface area contributed by atoms with Crippen LogP contribution in [0.5, 0.6) is 0 Å². The van der Waals surface area contributed by atoms with Crippen molar-refractivity contribution in [3.8, 4) is 0 Å². The van der Waals surface area contributed by atoms with Crippen LogP contribution in [-0.4, -0.2) is 43.8 Å². The van der Waals surface area contributed by atoms with Gasteiger partial charge in [0, 0.05) is 20.5 Å². The van der Waals surface area contributed by atoms with Crippen LogP contribution in [0.2, 0.25) is 0 Å². The summed E-state index contributed by atoms with van der Waals surface area (Å²) < 4.78 is 1.14. The molecule has 0 unspecified atom stereocenters. The van der Waals surface area contributed by atoms with Crippen LogP contribution in [0.1, 0.15) is 6.42 Å². The molecule has 0 aromatic carbocycles. The second-order valence-electron chi connectivity index (χ2n) is 2.99. The maximum absolute atomic E-state index is 2.27. The van der Waals surface area contributed by atoms with Crippen molar-refractivity contribution in [1.82, 2.24) is 5.01 Å². The first kappa shape index (κ1) is 6.05. The Morgan fingerprint density at radius 3 is 1.75 bits per heavy atom. The molecule has 8 heavy (non-hydrogen) atoms. The number of nitrogens with zero attached hydrogens (tertiary/aromatic N) is 2. The maximum Gasteiger partial charge on any atom is 0.102 e. The van der Waals surface area contributed by atoms with Crippen molar-refractivity contribution < 1.29 is 4.59 Å². The van der Waals surface area contributed by atoms with Gasteiger partial charge in [0.15, 0.2) is 0 Å². The Morgan fingerprint density at radius 1 is 1.25 bits per heavy atom. The molecule has 0 amide bonds. The first-order valence-corrected chi connectivity index (χ1v) is 3.17. The number of rotatable bonds is 1. The van der Waals surface area contributed by atoms with Crippen molar-refractivity contribution >= 4 is 0 Å². The summed E-state index contributed by atoms with van der Waals surface area (Å²) in [6.45, 7) is 2.65. The van der Waals surface area contributed by atoms with Gasteiger partial charge >= 0.3 is 0 Å². The minimum absolute atomic E-state index is 1.14. The second-order valence-corrected chi connectivity index (χ2v) is 2.99. The van der Waals surface area contributed by atoms with E-state index in [4.69, 9.17) is 0 Å². The highest BCUT2D eigenvalue weighted by molar-refractivity contribution is 4.46. The highest BCUT2D eigenvalue weighted by atomic mass is 15.7. The van der Waals surface area contributed by atoms with Gasteiger partial charge in [-0.25, -0.2) is 4.59 Å². The Morgan fingerprint density at radius 2 is 1.75 bits per heavy atom. The number of hydrogen-bond acceptors (Lipinski definition) is 1. The molecule has 0 radical (unpaired) electrons. The number of quaternary nitrogens is 1. The second kappa shape index (κ2) is 1.71. The summed E-state index contributed by atoms with van der Waals surface area (Å²) in [6.07, 6.45) is 1.40. The van der Waals surface area contributed by atoms with Gasteiger partial charge in [0.1, 0.15) is 13.1 Å². The molecule has 0 atom stereocenters. The van der Waals surface area contributed by atoms with Gasteiger partial charge in [-0.3, -0.25) is 0 Å². The Labute approximate surface area is 51.3 Å². The molecule has 0 bridgehead atoms. The molecule has 0 N–H and O–H groups in total. The lowest BCUT2D eigenvalue weighted by Gasteiger charge is -2.45. The van der Waals surface area contributed by atoms with Crippen molar-refractivity contribution in [2.75, 3.05) is 34.2 Å². The summed E-state index contributed by atoms with van der Waals surface area (Å²) in [4.78, 5) is 0. The lowest BCUT2D eigenvalue weighted by molar-refractivity contribution is -1.04. The van der Waals surface area contributed by atoms with Gasteiger partial charge in [0.05, 0.1) is 7.05 Å². The predicted molar refractivity (Wildman–Crippen MR) is 34.2 cm³/mol. The van der Waals surface area contributed by atoms with Crippen molar-refractivity contribution in [2.24, 2.45) is 0 Å². The van der Waals surface area contributed by atoms with Crippen molar-refractivity contribution in [2.45, 2.75) is 6.42 Å². The molecule has 0 spiro atoms. The Balaban J connectivity index is 2.41. The molecule has 1 aliphatic heterocycles. The van der Waals surface area contributed by atoms with Crippen LogP contribution in [0.15, 0.2) is 0 Å². The van der Waals surface area contributed by atoms with Crippen LogP contribution in [-0.2, 0) is 0 Å². The van der Waals surface area contributed by atoms with Crippen molar-refractivity contribution in [3.63, 3.8) is 0 Å². The van der Waals surface area contributed by atoms with E-state index in [1.54, 1.807) is 0 Å². The third kappa shape index (κ3) is 0.740. The first-order chi connectivity index (χ1) is 3.65. The average Bonchev–Trinajstić information content (AvgIpc) is 1.60. The largest absolute Gasteiger partial charge is 0.246 e. The fraction of sp³-hybridized carbons (Fsp3) is 1.00. The fourth-order valence-electron chi connectivity index (χ4n) is 1.02. The molecule has 1 fully saturated rings. The summed E-state index contributed by atoms with van der Waals surface area (Å²) >= 11 is 0. The van der Waals surface area contributed by atoms with Gasteiger partial charge in [-0.15, -0.1) is 0 Å². The van der Waals surface area contributed by atoms with Crippen LogP contribution in [0, 0.1) is 0 Å². The van der Waals surface area contributed by atoms with E-state index in [9.17, 15) is 0 Å². The Kier molecular flexibility index (Phi) is 1.29. The third-order valence-corrected chi connectivity index (χ3v) is 2.25. The molecule has 1 aliphatic rings. The molecule has 0 aliphatic carbocycles. The molecule has 0 saturated carbocycles. The smallest absolute Gasteiger partial charge is 0.102 e.